The highest BCUT2D eigenvalue weighted by molar-refractivity contribution is 5.43. The number of nitrogens with zero attached hydrogens (tertiary/aromatic N) is 1. The van der Waals surface area contributed by atoms with E-state index in [1.807, 2.05) is 13.0 Å². The van der Waals surface area contributed by atoms with E-state index in [0.717, 1.165) is 30.9 Å². The van der Waals surface area contributed by atoms with E-state index < -0.39 is 0 Å². The lowest BCUT2D eigenvalue weighted by atomic mass is 10.0. The molecule has 1 atom stereocenters. The van der Waals surface area contributed by atoms with Crippen LogP contribution in [-0.4, -0.2) is 22.5 Å². The van der Waals surface area contributed by atoms with Crippen molar-refractivity contribution in [3.63, 3.8) is 0 Å². The van der Waals surface area contributed by atoms with E-state index in [0.29, 0.717) is 5.92 Å². The summed E-state index contributed by atoms with van der Waals surface area (Å²) in [6.45, 7) is 4.08. The van der Waals surface area contributed by atoms with Gasteiger partial charge in [0.1, 0.15) is 5.65 Å². The molecule has 0 aliphatic carbocycles. The predicted octanol–water partition coefficient (Wildman–Crippen LogP) is 1.01. The molecule has 1 unspecified atom stereocenters. The number of imidazole rings is 1. The van der Waals surface area contributed by atoms with E-state index in [1.165, 1.54) is 5.69 Å². The Morgan fingerprint density at radius 1 is 1.44 bits per heavy atom. The van der Waals surface area contributed by atoms with Gasteiger partial charge in [0, 0.05) is 29.9 Å². The predicted molar refractivity (Wildman–Crippen MR) is 63.0 cm³/mol. The Morgan fingerprint density at radius 3 is 3.00 bits per heavy atom. The largest absolute Gasteiger partial charge is 0.343 e. The Labute approximate surface area is 93.3 Å². The van der Waals surface area contributed by atoms with E-state index in [-0.39, 0.29) is 5.56 Å². The van der Waals surface area contributed by atoms with Crippen LogP contribution in [0.2, 0.25) is 0 Å². The zero-order valence-electron chi connectivity index (χ0n) is 9.29. The molecule has 0 saturated carbocycles. The zero-order chi connectivity index (χ0) is 11.1. The summed E-state index contributed by atoms with van der Waals surface area (Å²) in [5, 5.41) is 3.35. The number of rotatable bonds is 1. The molecule has 2 N–H and O–H groups in total. The minimum atomic E-state index is 0.0449. The Balaban J connectivity index is 2.23. The summed E-state index contributed by atoms with van der Waals surface area (Å²) in [5.41, 5.74) is 3.19. The van der Waals surface area contributed by atoms with Crippen molar-refractivity contribution in [2.45, 2.75) is 19.3 Å². The van der Waals surface area contributed by atoms with Gasteiger partial charge in [0.2, 0.25) is 0 Å². The summed E-state index contributed by atoms with van der Waals surface area (Å²) in [6.07, 6.45) is 1.14. The van der Waals surface area contributed by atoms with Gasteiger partial charge < -0.3 is 10.3 Å². The molecule has 0 spiro atoms. The molecule has 0 bridgehead atoms. The lowest BCUT2D eigenvalue weighted by molar-refractivity contribution is 0.733. The summed E-state index contributed by atoms with van der Waals surface area (Å²) in [4.78, 5) is 15.1. The highest BCUT2D eigenvalue weighted by Crippen LogP contribution is 2.24. The van der Waals surface area contributed by atoms with Crippen LogP contribution < -0.4 is 10.9 Å². The number of pyridine rings is 1. The molecule has 3 heterocycles. The van der Waals surface area contributed by atoms with E-state index in [4.69, 9.17) is 0 Å². The van der Waals surface area contributed by atoms with E-state index in [9.17, 15) is 4.79 Å². The van der Waals surface area contributed by atoms with Gasteiger partial charge in [-0.3, -0.25) is 9.20 Å². The average molecular weight is 217 g/mol. The maximum atomic E-state index is 11.8. The fourth-order valence-corrected chi connectivity index (χ4v) is 2.58. The number of aryl methyl sites for hydroxylation is 1. The topological polar surface area (TPSA) is 49.3 Å². The van der Waals surface area contributed by atoms with Crippen molar-refractivity contribution < 1.29 is 0 Å². The molecule has 4 heteroatoms. The number of nitrogens with one attached hydrogen (secondary N) is 2. The molecule has 84 valence electrons. The fourth-order valence-electron chi connectivity index (χ4n) is 2.58. The quantitative estimate of drug-likeness (QED) is 0.749. The second kappa shape index (κ2) is 3.49. The van der Waals surface area contributed by atoms with Crippen LogP contribution in [0, 0.1) is 6.92 Å². The van der Waals surface area contributed by atoms with Crippen LogP contribution >= 0.6 is 0 Å². The summed E-state index contributed by atoms with van der Waals surface area (Å²) in [5.74, 6) is 0.513. The molecule has 4 nitrogen and oxygen atoms in total. The second-order valence-electron chi connectivity index (χ2n) is 4.40. The summed E-state index contributed by atoms with van der Waals surface area (Å²) < 4.78 is 1.76. The standard InChI is InChI=1S/C12H15N3O/c1-8-12(9-5-6-13-7-9)14-10-3-2-4-11(16)15(8)10/h2-4,9,13-14H,5-7H2,1H3. The van der Waals surface area contributed by atoms with Crippen molar-refractivity contribution in [2.75, 3.05) is 13.1 Å². The smallest absolute Gasteiger partial charge is 0.256 e. The Kier molecular flexibility index (Phi) is 2.11. The van der Waals surface area contributed by atoms with Crippen LogP contribution in [0.3, 0.4) is 0 Å². The third-order valence-electron chi connectivity index (χ3n) is 3.41. The molecular weight excluding hydrogens is 202 g/mol. The van der Waals surface area contributed by atoms with Gasteiger partial charge in [-0.05, 0) is 26.0 Å². The van der Waals surface area contributed by atoms with E-state index in [1.54, 1.807) is 16.5 Å². The first-order chi connectivity index (χ1) is 7.77. The summed E-state index contributed by atoms with van der Waals surface area (Å²) in [6, 6.07) is 5.34. The number of H-pyrrole nitrogens is 1. The maximum Gasteiger partial charge on any atom is 0.256 e. The van der Waals surface area contributed by atoms with Crippen LogP contribution in [-0.2, 0) is 0 Å². The fraction of sp³-hybridized carbons (Fsp3) is 0.417. The van der Waals surface area contributed by atoms with Gasteiger partial charge in [0.15, 0.2) is 0 Å². The lowest BCUT2D eigenvalue weighted by Crippen LogP contribution is -2.12. The first-order valence-electron chi connectivity index (χ1n) is 5.68. The van der Waals surface area contributed by atoms with Crippen LogP contribution in [0.5, 0.6) is 0 Å². The molecule has 2 aromatic heterocycles. The third kappa shape index (κ3) is 1.30. The molecule has 3 rings (SSSR count). The maximum absolute atomic E-state index is 11.8. The number of hydrogen-bond acceptors (Lipinski definition) is 2. The van der Waals surface area contributed by atoms with Crippen molar-refractivity contribution in [2.24, 2.45) is 0 Å². The van der Waals surface area contributed by atoms with Gasteiger partial charge >= 0.3 is 0 Å². The second-order valence-corrected chi connectivity index (χ2v) is 4.40. The SMILES string of the molecule is Cc1c(C2CCNC2)[nH]c2cccc(=O)n12. The first kappa shape index (κ1) is 9.66. The van der Waals surface area contributed by atoms with Crippen LogP contribution in [0.25, 0.3) is 5.65 Å². The van der Waals surface area contributed by atoms with Crippen LogP contribution in [0.4, 0.5) is 0 Å². The number of hydrogen-bond donors (Lipinski definition) is 2. The zero-order valence-corrected chi connectivity index (χ0v) is 9.29. The molecule has 0 radical (unpaired) electrons. The molecule has 1 fully saturated rings. The van der Waals surface area contributed by atoms with Gasteiger partial charge in [-0.1, -0.05) is 6.07 Å². The molecule has 16 heavy (non-hydrogen) atoms. The molecule has 0 amide bonds. The highest BCUT2D eigenvalue weighted by atomic mass is 16.1. The van der Waals surface area contributed by atoms with Crippen molar-refractivity contribution in [1.82, 2.24) is 14.7 Å². The van der Waals surface area contributed by atoms with Gasteiger partial charge in [0.05, 0.1) is 0 Å². The lowest BCUT2D eigenvalue weighted by Gasteiger charge is -2.06. The molecule has 1 aliphatic heterocycles. The van der Waals surface area contributed by atoms with Gasteiger partial charge in [-0.2, -0.15) is 0 Å². The van der Waals surface area contributed by atoms with Gasteiger partial charge in [-0.15, -0.1) is 0 Å². The van der Waals surface area contributed by atoms with Crippen molar-refractivity contribution in [1.29, 1.82) is 0 Å². The highest BCUT2D eigenvalue weighted by Gasteiger charge is 2.21. The summed E-state index contributed by atoms with van der Waals surface area (Å²) >= 11 is 0. The number of fused-ring (bicyclic) bond motifs is 1. The number of aromatic nitrogens is 2. The van der Waals surface area contributed by atoms with E-state index in [2.05, 4.69) is 10.3 Å². The molecule has 0 aromatic carbocycles. The molecular formula is C12H15N3O. The van der Waals surface area contributed by atoms with Gasteiger partial charge in [0.25, 0.3) is 5.56 Å². The minimum Gasteiger partial charge on any atom is -0.343 e. The normalized spacial score (nSPS) is 20.7. The van der Waals surface area contributed by atoms with Crippen molar-refractivity contribution in [3.8, 4) is 0 Å². The average Bonchev–Trinajstić information content (AvgIpc) is 2.86. The monoisotopic (exact) mass is 217 g/mol. The number of aromatic amines is 1. The van der Waals surface area contributed by atoms with Crippen LogP contribution in [0.15, 0.2) is 23.0 Å². The first-order valence-corrected chi connectivity index (χ1v) is 5.68. The van der Waals surface area contributed by atoms with Crippen LogP contribution in [0.1, 0.15) is 23.7 Å². The van der Waals surface area contributed by atoms with Gasteiger partial charge in [-0.25, -0.2) is 0 Å². The Morgan fingerprint density at radius 2 is 2.31 bits per heavy atom. The molecule has 1 saturated heterocycles. The molecule has 2 aromatic rings. The van der Waals surface area contributed by atoms with E-state index >= 15 is 0 Å². The molecule has 1 aliphatic rings. The minimum absolute atomic E-state index is 0.0449. The van der Waals surface area contributed by atoms with Crippen molar-refractivity contribution in [3.05, 3.63) is 39.9 Å². The summed E-state index contributed by atoms with van der Waals surface area (Å²) in [7, 11) is 0. The third-order valence-corrected chi connectivity index (χ3v) is 3.41. The Bertz CT molecular complexity index is 575. The Hall–Kier alpha value is -1.55. The van der Waals surface area contributed by atoms with Crippen molar-refractivity contribution >= 4 is 5.65 Å².